The molecule has 5 atom stereocenters. The first-order chi connectivity index (χ1) is 10.7. The van der Waals surface area contributed by atoms with Crippen LogP contribution in [0.5, 0.6) is 0 Å². The van der Waals surface area contributed by atoms with E-state index in [0.717, 1.165) is 18.1 Å². The quantitative estimate of drug-likeness (QED) is 0.906. The Morgan fingerprint density at radius 1 is 1.18 bits per heavy atom. The van der Waals surface area contributed by atoms with E-state index in [2.05, 4.69) is 42.1 Å². The van der Waals surface area contributed by atoms with E-state index in [1.165, 1.54) is 30.6 Å². The van der Waals surface area contributed by atoms with Crippen LogP contribution in [0.4, 0.5) is 0 Å². The molecule has 5 unspecified atom stereocenters. The molecule has 0 spiro atoms. The topological polar surface area (TPSA) is 43.1 Å². The van der Waals surface area contributed by atoms with E-state index in [1.807, 2.05) is 0 Å². The molecule has 2 N–H and O–H groups in total. The number of carbonyl (C=O) groups is 1. The van der Waals surface area contributed by atoms with E-state index < -0.39 is 0 Å². The maximum atomic E-state index is 12.3. The molecule has 5 fully saturated rings. The molecular weight excluding hydrogens is 290 g/mol. The molecule has 5 saturated carbocycles. The van der Waals surface area contributed by atoms with Crippen molar-refractivity contribution in [3.8, 4) is 0 Å². The number of amides is 1. The summed E-state index contributed by atoms with van der Waals surface area (Å²) >= 11 is 2.16. The van der Waals surface area contributed by atoms with E-state index in [-0.39, 0.29) is 16.7 Å². The average molecular weight is 313 g/mol. The molecule has 5 aliphatic rings. The minimum absolute atomic E-state index is 0.0169. The van der Waals surface area contributed by atoms with Gasteiger partial charge >= 0.3 is 0 Å². The fourth-order valence-corrected chi connectivity index (χ4v) is 7.57. The Balaban J connectivity index is 1.52. The van der Waals surface area contributed by atoms with Gasteiger partial charge < -0.3 is 5.73 Å². The van der Waals surface area contributed by atoms with E-state index >= 15 is 0 Å². The number of hydrogen-bond acceptors (Lipinski definition) is 2. The van der Waals surface area contributed by atoms with Gasteiger partial charge in [-0.1, -0.05) is 30.3 Å². The molecule has 3 heteroatoms. The summed E-state index contributed by atoms with van der Waals surface area (Å²) in [6.45, 7) is 0. The molecule has 0 heterocycles. The van der Waals surface area contributed by atoms with Crippen LogP contribution in [0.1, 0.15) is 37.7 Å². The van der Waals surface area contributed by atoms with E-state index in [4.69, 9.17) is 5.73 Å². The monoisotopic (exact) mass is 313 g/mol. The lowest BCUT2D eigenvalue weighted by Crippen LogP contribution is -2.39. The minimum atomic E-state index is -0.185. The van der Waals surface area contributed by atoms with Crippen molar-refractivity contribution < 1.29 is 4.79 Å². The van der Waals surface area contributed by atoms with Crippen LogP contribution in [0.15, 0.2) is 30.3 Å². The zero-order chi connectivity index (χ0) is 14.9. The lowest BCUT2D eigenvalue weighted by atomic mass is 9.72. The number of rotatable bonds is 5. The Labute approximate surface area is 136 Å². The summed E-state index contributed by atoms with van der Waals surface area (Å²) in [5, 5.41) is 0.911. The first kappa shape index (κ1) is 13.5. The van der Waals surface area contributed by atoms with Crippen molar-refractivity contribution in [3.63, 3.8) is 0 Å². The zero-order valence-electron chi connectivity index (χ0n) is 12.8. The van der Waals surface area contributed by atoms with Gasteiger partial charge in [0.15, 0.2) is 0 Å². The molecule has 22 heavy (non-hydrogen) atoms. The van der Waals surface area contributed by atoms with Crippen LogP contribution in [0.3, 0.4) is 0 Å². The summed E-state index contributed by atoms with van der Waals surface area (Å²) in [5.74, 6) is 3.17. The fraction of sp³-hybridized carbons (Fsp3) is 0.632. The smallest absolute Gasteiger partial charge is 0.223 e. The Kier molecular flexibility index (Phi) is 2.64. The van der Waals surface area contributed by atoms with Crippen molar-refractivity contribution in [1.29, 1.82) is 0 Å². The second kappa shape index (κ2) is 4.31. The number of nitrogens with two attached hydrogens (primary N) is 1. The van der Waals surface area contributed by atoms with Crippen LogP contribution in [0.25, 0.3) is 0 Å². The zero-order valence-corrected chi connectivity index (χ0v) is 13.6. The van der Waals surface area contributed by atoms with Crippen molar-refractivity contribution >= 4 is 17.7 Å². The van der Waals surface area contributed by atoms with Gasteiger partial charge in [-0.15, -0.1) is 0 Å². The van der Waals surface area contributed by atoms with Gasteiger partial charge in [0.2, 0.25) is 5.91 Å². The molecule has 0 aromatic heterocycles. The molecule has 0 saturated heterocycles. The Bertz CT molecular complexity index is 628. The normalized spacial score (nSPS) is 44.8. The maximum Gasteiger partial charge on any atom is 0.223 e. The third-order valence-electron chi connectivity index (χ3n) is 7.14. The number of primary amides is 1. The lowest BCUT2D eigenvalue weighted by molar-refractivity contribution is -0.128. The number of hydrogen-bond donors (Lipinski definition) is 1. The molecular formula is C19H23NOS. The average Bonchev–Trinajstić information content (AvgIpc) is 2.99. The summed E-state index contributed by atoms with van der Waals surface area (Å²) in [7, 11) is 0. The van der Waals surface area contributed by atoms with Gasteiger partial charge in [-0.25, -0.2) is 0 Å². The molecule has 0 radical (unpaired) electrons. The van der Waals surface area contributed by atoms with Crippen molar-refractivity contribution in [1.82, 2.24) is 0 Å². The van der Waals surface area contributed by atoms with Crippen LogP contribution < -0.4 is 5.73 Å². The molecule has 0 aliphatic heterocycles. The van der Waals surface area contributed by atoms with Crippen molar-refractivity contribution in [3.05, 3.63) is 35.9 Å². The first-order valence-corrected chi connectivity index (χ1v) is 9.68. The van der Waals surface area contributed by atoms with E-state index in [9.17, 15) is 4.79 Å². The second-order valence-corrected chi connectivity index (χ2v) is 9.37. The summed E-state index contributed by atoms with van der Waals surface area (Å²) in [4.78, 5) is 12.3. The highest BCUT2D eigenvalue weighted by molar-refractivity contribution is 8.00. The summed E-state index contributed by atoms with van der Waals surface area (Å²) in [6, 6.07) is 11.0. The van der Waals surface area contributed by atoms with Gasteiger partial charge in [-0.3, -0.25) is 4.79 Å². The lowest BCUT2D eigenvalue weighted by Gasteiger charge is -2.33. The third kappa shape index (κ3) is 1.56. The number of carbonyl (C=O) groups excluding carboxylic acids is 1. The van der Waals surface area contributed by atoms with Gasteiger partial charge in [0, 0.05) is 5.25 Å². The van der Waals surface area contributed by atoms with Gasteiger partial charge in [-0.05, 0) is 66.6 Å². The standard InChI is InChI=1S/C19H23NOS/c20-17(21)19-9-15-14(10-22-13-6-7-13)16(19)8-18(15,11-19)12-4-2-1-3-5-12/h1-5,13-16H,6-11H2,(H2,20,21). The highest BCUT2D eigenvalue weighted by atomic mass is 32.2. The number of thioether (sulfide) groups is 1. The van der Waals surface area contributed by atoms with Crippen molar-refractivity contribution in [2.75, 3.05) is 5.75 Å². The highest BCUT2D eigenvalue weighted by Gasteiger charge is 2.76. The summed E-state index contributed by atoms with van der Waals surface area (Å²) in [5.41, 5.74) is 7.43. The molecule has 5 aliphatic carbocycles. The van der Waals surface area contributed by atoms with Gasteiger partial charge in [0.1, 0.15) is 0 Å². The second-order valence-electron chi connectivity index (χ2n) is 8.04. The molecule has 2 nitrogen and oxygen atoms in total. The predicted molar refractivity (Wildman–Crippen MR) is 89.5 cm³/mol. The molecule has 6 rings (SSSR count). The SMILES string of the molecule is NC(=O)C12CC3C(CSC4CC4)C1CC3(c1ccccc1)C2. The van der Waals surface area contributed by atoms with Gasteiger partial charge in [0.25, 0.3) is 0 Å². The van der Waals surface area contributed by atoms with Crippen LogP contribution in [0, 0.1) is 23.2 Å². The largest absolute Gasteiger partial charge is 0.369 e. The maximum absolute atomic E-state index is 12.3. The van der Waals surface area contributed by atoms with E-state index in [1.54, 1.807) is 0 Å². The van der Waals surface area contributed by atoms with Crippen LogP contribution in [-0.2, 0) is 10.2 Å². The van der Waals surface area contributed by atoms with Crippen LogP contribution in [0.2, 0.25) is 0 Å². The molecule has 1 aromatic rings. The Hall–Kier alpha value is -0.960. The molecule has 4 bridgehead atoms. The van der Waals surface area contributed by atoms with Crippen LogP contribution >= 0.6 is 11.8 Å². The Morgan fingerprint density at radius 3 is 2.59 bits per heavy atom. The highest BCUT2D eigenvalue weighted by Crippen LogP contribution is 2.78. The number of benzene rings is 1. The third-order valence-corrected chi connectivity index (χ3v) is 8.66. The fourth-order valence-electron chi connectivity index (χ4n) is 6.14. The predicted octanol–water partition coefficient (Wildman–Crippen LogP) is 3.35. The molecule has 116 valence electrons. The van der Waals surface area contributed by atoms with Crippen LogP contribution in [-0.4, -0.2) is 16.9 Å². The Morgan fingerprint density at radius 2 is 1.95 bits per heavy atom. The van der Waals surface area contributed by atoms with E-state index in [0.29, 0.717) is 17.8 Å². The first-order valence-electron chi connectivity index (χ1n) is 8.63. The summed E-state index contributed by atoms with van der Waals surface area (Å²) < 4.78 is 0. The van der Waals surface area contributed by atoms with Crippen molar-refractivity contribution in [2.45, 2.75) is 42.8 Å². The van der Waals surface area contributed by atoms with Gasteiger partial charge in [-0.2, -0.15) is 11.8 Å². The summed E-state index contributed by atoms with van der Waals surface area (Å²) in [6.07, 6.45) is 6.06. The molecule has 1 amide bonds. The minimum Gasteiger partial charge on any atom is -0.369 e. The molecule has 1 aromatic carbocycles. The van der Waals surface area contributed by atoms with Crippen molar-refractivity contribution in [2.24, 2.45) is 28.9 Å². The van der Waals surface area contributed by atoms with Gasteiger partial charge in [0.05, 0.1) is 5.41 Å².